The van der Waals surface area contributed by atoms with Gasteiger partial charge in [0.05, 0.1) is 41.5 Å². The summed E-state index contributed by atoms with van der Waals surface area (Å²) in [6, 6.07) is -0.808. The van der Waals surface area contributed by atoms with Crippen molar-refractivity contribution in [3.63, 3.8) is 0 Å². The number of aliphatic hydroxyl groups is 5. The topological polar surface area (TPSA) is 212 Å². The van der Waals surface area contributed by atoms with Crippen molar-refractivity contribution >= 4 is 5.97 Å². The first-order chi connectivity index (χ1) is 23.9. The molecule has 3 aliphatic heterocycles. The summed E-state index contributed by atoms with van der Waals surface area (Å²) in [6.07, 6.45) is -8.19. The number of carbonyl (C=O) groups excluding carboxylic acids is 1. The zero-order valence-corrected chi connectivity index (χ0v) is 34.7. The predicted octanol–water partition coefficient (Wildman–Crippen LogP) is 1.08. The van der Waals surface area contributed by atoms with Crippen molar-refractivity contribution in [1.82, 2.24) is 9.80 Å². The first-order valence-electron chi connectivity index (χ1n) is 19.1. The van der Waals surface area contributed by atoms with Gasteiger partial charge in [0.25, 0.3) is 0 Å². The molecule has 3 aliphatic rings. The average Bonchev–Trinajstić information content (AvgIpc) is 3.05. The molecule has 314 valence electrons. The lowest BCUT2D eigenvalue weighted by Crippen LogP contribution is -2.60. The van der Waals surface area contributed by atoms with Crippen LogP contribution >= 0.6 is 0 Å². The lowest BCUT2D eigenvalue weighted by Gasteiger charge is -2.48. The Morgan fingerprint density at radius 1 is 0.943 bits per heavy atom. The van der Waals surface area contributed by atoms with Crippen molar-refractivity contribution in [1.29, 1.82) is 0 Å². The molecule has 0 spiro atoms. The highest BCUT2D eigenvalue weighted by atomic mass is 16.7. The molecular weight excluding hydrogens is 692 g/mol. The van der Waals surface area contributed by atoms with Crippen molar-refractivity contribution in [2.75, 3.05) is 34.8 Å². The van der Waals surface area contributed by atoms with E-state index in [0.717, 1.165) is 0 Å². The van der Waals surface area contributed by atoms with Crippen LogP contribution in [0, 0.1) is 17.8 Å². The lowest BCUT2D eigenvalue weighted by molar-refractivity contribution is -0.318. The van der Waals surface area contributed by atoms with Gasteiger partial charge >= 0.3 is 5.97 Å². The number of hydrogen-bond acceptors (Lipinski definition) is 14. The number of esters is 1. The van der Waals surface area contributed by atoms with Crippen molar-refractivity contribution in [3.8, 4) is 0 Å². The van der Waals surface area contributed by atoms with Gasteiger partial charge in [0.1, 0.15) is 30.0 Å². The summed E-state index contributed by atoms with van der Waals surface area (Å²) in [4.78, 5) is 18.0. The number of carbonyl (C=O) groups is 1. The van der Waals surface area contributed by atoms with Gasteiger partial charge in [-0.25, -0.2) is 0 Å². The Hall–Kier alpha value is -1.05. The SMILES string of the molecule is CCC1OC(=O)C(C)C(OC2CC(C)(OC)C(O)C(C)O2)C(C)C(OC2OC(C)CC(N(C)C)C2O)C(C)(O)CC(C)CN(C)C(C)C(O)C1(C)O.O. The van der Waals surface area contributed by atoms with Crippen LogP contribution in [-0.2, 0) is 33.2 Å². The number of ether oxygens (including phenoxy) is 6. The molecular formula is C38H74N2O13. The van der Waals surface area contributed by atoms with Gasteiger partial charge in [0.2, 0.25) is 0 Å². The van der Waals surface area contributed by atoms with Crippen LogP contribution in [0.15, 0.2) is 0 Å². The third-order valence-electron chi connectivity index (χ3n) is 12.2. The predicted molar refractivity (Wildman–Crippen MR) is 198 cm³/mol. The van der Waals surface area contributed by atoms with Crippen molar-refractivity contribution in [2.24, 2.45) is 17.8 Å². The van der Waals surface area contributed by atoms with Crippen LogP contribution in [-0.4, -0.2) is 172 Å². The number of methoxy groups -OCH3 is 1. The molecule has 18 atom stereocenters. The fraction of sp³-hybridized carbons (Fsp3) is 0.974. The van der Waals surface area contributed by atoms with E-state index in [0.29, 0.717) is 13.0 Å². The molecule has 18 unspecified atom stereocenters. The van der Waals surface area contributed by atoms with Crippen LogP contribution in [0.4, 0.5) is 0 Å². The quantitative estimate of drug-likeness (QED) is 0.230. The van der Waals surface area contributed by atoms with Gasteiger partial charge in [0, 0.05) is 38.1 Å². The molecule has 15 nitrogen and oxygen atoms in total. The minimum atomic E-state index is -1.80. The second kappa shape index (κ2) is 18.9. The summed E-state index contributed by atoms with van der Waals surface area (Å²) >= 11 is 0. The Morgan fingerprint density at radius 3 is 2.09 bits per heavy atom. The van der Waals surface area contributed by atoms with Crippen LogP contribution < -0.4 is 0 Å². The van der Waals surface area contributed by atoms with Gasteiger partial charge in [-0.15, -0.1) is 0 Å². The Balaban J connectivity index is 0.00000972. The van der Waals surface area contributed by atoms with Crippen LogP contribution in [0.2, 0.25) is 0 Å². The Bertz CT molecular complexity index is 1150. The van der Waals surface area contributed by atoms with E-state index < -0.39 is 96.0 Å². The van der Waals surface area contributed by atoms with Crippen LogP contribution in [0.5, 0.6) is 0 Å². The molecule has 0 saturated carbocycles. The number of nitrogens with zero attached hydrogens (tertiary/aromatic N) is 2. The molecule has 0 amide bonds. The minimum Gasteiger partial charge on any atom is -0.459 e. The smallest absolute Gasteiger partial charge is 0.311 e. The minimum absolute atomic E-state index is 0. The van der Waals surface area contributed by atoms with Crippen molar-refractivity contribution in [2.45, 2.75) is 185 Å². The monoisotopic (exact) mass is 767 g/mol. The fourth-order valence-electron chi connectivity index (χ4n) is 8.74. The van der Waals surface area contributed by atoms with Crippen molar-refractivity contribution < 1.29 is 64.2 Å². The first kappa shape index (κ1) is 48.1. The maximum Gasteiger partial charge on any atom is 0.311 e. The number of cyclic esters (lactones) is 1. The first-order valence-corrected chi connectivity index (χ1v) is 19.1. The van der Waals surface area contributed by atoms with Crippen LogP contribution in [0.1, 0.15) is 94.9 Å². The molecule has 0 aromatic heterocycles. The van der Waals surface area contributed by atoms with E-state index in [9.17, 15) is 30.3 Å². The number of likely N-dealkylation sites (N-methyl/N-ethyl adjacent to an activating group) is 2. The van der Waals surface area contributed by atoms with Gasteiger partial charge in [-0.1, -0.05) is 20.8 Å². The molecule has 3 heterocycles. The maximum absolute atomic E-state index is 14.2. The molecule has 3 rings (SSSR count). The average molecular weight is 767 g/mol. The van der Waals surface area contributed by atoms with E-state index in [2.05, 4.69) is 0 Å². The second-order valence-corrected chi connectivity index (χ2v) is 17.2. The Morgan fingerprint density at radius 2 is 1.55 bits per heavy atom. The van der Waals surface area contributed by atoms with Crippen LogP contribution in [0.3, 0.4) is 0 Å². The third kappa shape index (κ3) is 10.9. The highest BCUT2D eigenvalue weighted by Gasteiger charge is 2.52. The number of rotatable bonds is 7. The molecule has 3 saturated heterocycles. The molecule has 7 N–H and O–H groups in total. The molecule has 0 aromatic rings. The molecule has 53 heavy (non-hydrogen) atoms. The fourth-order valence-corrected chi connectivity index (χ4v) is 8.74. The summed E-state index contributed by atoms with van der Waals surface area (Å²) < 4.78 is 37.5. The number of aliphatic hydroxyl groups excluding tert-OH is 3. The molecule has 15 heteroatoms. The van der Waals surface area contributed by atoms with Gasteiger partial charge in [-0.2, -0.15) is 0 Å². The largest absolute Gasteiger partial charge is 0.459 e. The van der Waals surface area contributed by atoms with Crippen LogP contribution in [0.25, 0.3) is 0 Å². The highest BCUT2D eigenvalue weighted by molar-refractivity contribution is 5.73. The third-order valence-corrected chi connectivity index (χ3v) is 12.2. The lowest BCUT2D eigenvalue weighted by atomic mass is 9.77. The molecule has 0 radical (unpaired) electrons. The van der Waals surface area contributed by atoms with E-state index >= 15 is 0 Å². The zero-order chi connectivity index (χ0) is 39.7. The Kier molecular flexibility index (Phi) is 17.2. The maximum atomic E-state index is 14.2. The standard InChI is InChI=1S/C38H72N2O12.H2O/c1-15-27-38(10,46)31(42)24(6)40(13)19-20(2)17-36(8,45)33(52-35-29(41)26(39(11)12)16-21(3)48-35)22(4)30(23(5)34(44)50-27)51-28-18-37(9,47-14)32(43)25(7)49-28;/h20-33,35,41-43,45-46H,15-19H2,1-14H3;1H2. The van der Waals surface area contributed by atoms with Gasteiger partial charge in [0.15, 0.2) is 12.6 Å². The van der Waals surface area contributed by atoms with Gasteiger partial charge < -0.3 is 69.2 Å². The highest BCUT2D eigenvalue weighted by Crippen LogP contribution is 2.40. The zero-order valence-electron chi connectivity index (χ0n) is 34.7. The molecule has 0 bridgehead atoms. The summed E-state index contributed by atoms with van der Waals surface area (Å²) in [5.74, 6) is -2.58. The summed E-state index contributed by atoms with van der Waals surface area (Å²) in [6.45, 7) is 18.0. The van der Waals surface area contributed by atoms with E-state index in [4.69, 9.17) is 28.4 Å². The van der Waals surface area contributed by atoms with Gasteiger partial charge in [-0.05, 0) is 94.8 Å². The number of hydrogen-bond donors (Lipinski definition) is 5. The second-order valence-electron chi connectivity index (χ2n) is 17.2. The van der Waals surface area contributed by atoms with Crippen molar-refractivity contribution in [3.05, 3.63) is 0 Å². The Labute approximate surface area is 317 Å². The van der Waals surface area contributed by atoms with E-state index in [1.165, 1.54) is 14.0 Å². The summed E-state index contributed by atoms with van der Waals surface area (Å²) in [5, 5.41) is 58.1. The van der Waals surface area contributed by atoms with E-state index in [1.807, 2.05) is 51.7 Å². The van der Waals surface area contributed by atoms with E-state index in [1.54, 1.807) is 41.5 Å². The molecule has 0 aliphatic carbocycles. The van der Waals surface area contributed by atoms with Gasteiger partial charge in [-0.3, -0.25) is 4.79 Å². The molecule has 3 fully saturated rings. The molecule has 0 aromatic carbocycles. The summed E-state index contributed by atoms with van der Waals surface area (Å²) in [5.41, 5.74) is -4.37. The summed E-state index contributed by atoms with van der Waals surface area (Å²) in [7, 11) is 7.12. The van der Waals surface area contributed by atoms with E-state index in [-0.39, 0.29) is 42.8 Å². The normalized spacial score (nSPS) is 48.7.